The summed E-state index contributed by atoms with van der Waals surface area (Å²) >= 11 is 0. The molecule has 5 N–H and O–H groups in total. The number of hydrogen-bond acceptors (Lipinski definition) is 6. The minimum Gasteiger partial charge on any atom is -0.508 e. The number of aromatic hydroxyl groups is 2. The third-order valence-corrected chi connectivity index (χ3v) is 3.32. The molecule has 0 aromatic heterocycles. The van der Waals surface area contributed by atoms with Crippen LogP contribution < -0.4 is 15.9 Å². The van der Waals surface area contributed by atoms with Gasteiger partial charge in [0.25, 0.3) is 5.91 Å². The summed E-state index contributed by atoms with van der Waals surface area (Å²) in [5.74, 6) is 0.0691. The molecule has 2 aromatic rings. The number of phenols is 2. The minimum absolute atomic E-state index is 0.0228. The van der Waals surface area contributed by atoms with Crippen LogP contribution in [0.25, 0.3) is 0 Å². The highest BCUT2D eigenvalue weighted by Gasteiger charge is 2.13. The Hall–Kier alpha value is -3.06. The Morgan fingerprint density at radius 2 is 2.00 bits per heavy atom. The van der Waals surface area contributed by atoms with Crippen LogP contribution in [-0.2, 0) is 11.2 Å². The van der Waals surface area contributed by atoms with Crippen LogP contribution in [0.4, 0.5) is 0 Å². The summed E-state index contributed by atoms with van der Waals surface area (Å²) in [7, 11) is 1.44. The van der Waals surface area contributed by atoms with Crippen molar-refractivity contribution in [3.63, 3.8) is 0 Å². The van der Waals surface area contributed by atoms with E-state index in [2.05, 4.69) is 10.5 Å². The fourth-order valence-electron chi connectivity index (χ4n) is 2.01. The molecule has 24 heavy (non-hydrogen) atoms. The van der Waals surface area contributed by atoms with Gasteiger partial charge in [-0.15, -0.1) is 0 Å². The maximum Gasteiger partial charge on any atom is 0.257 e. The summed E-state index contributed by atoms with van der Waals surface area (Å²) in [6.07, 6.45) is 1.75. The third kappa shape index (κ3) is 4.72. The SMILES string of the molecule is COc1cc(/C=N/NC(=O)C(N)Cc2ccc(O)cc2)ccc1O. The first-order valence-corrected chi connectivity index (χ1v) is 7.23. The average Bonchev–Trinajstić information content (AvgIpc) is 2.58. The zero-order valence-corrected chi connectivity index (χ0v) is 13.1. The molecular weight excluding hydrogens is 310 g/mol. The Morgan fingerprint density at radius 3 is 2.67 bits per heavy atom. The lowest BCUT2D eigenvalue weighted by Crippen LogP contribution is -2.39. The van der Waals surface area contributed by atoms with Gasteiger partial charge in [0.05, 0.1) is 19.4 Å². The number of phenolic OH excluding ortho intramolecular Hbond substituents is 2. The summed E-state index contributed by atoms with van der Waals surface area (Å²) in [6, 6.07) is 10.4. The number of nitrogens with two attached hydrogens (primary N) is 1. The first-order chi connectivity index (χ1) is 11.5. The van der Waals surface area contributed by atoms with E-state index in [1.807, 2.05) is 0 Å². The van der Waals surface area contributed by atoms with Gasteiger partial charge in [0.15, 0.2) is 11.5 Å². The smallest absolute Gasteiger partial charge is 0.257 e. The Morgan fingerprint density at radius 1 is 1.29 bits per heavy atom. The van der Waals surface area contributed by atoms with Gasteiger partial charge >= 0.3 is 0 Å². The molecule has 2 rings (SSSR count). The van der Waals surface area contributed by atoms with Crippen molar-refractivity contribution >= 4 is 12.1 Å². The number of nitrogens with zero attached hydrogens (tertiary/aromatic N) is 1. The molecule has 1 atom stereocenters. The maximum atomic E-state index is 11.9. The van der Waals surface area contributed by atoms with Gasteiger partial charge in [0.2, 0.25) is 0 Å². The molecule has 7 heteroatoms. The Balaban J connectivity index is 1.90. The van der Waals surface area contributed by atoms with E-state index < -0.39 is 11.9 Å². The van der Waals surface area contributed by atoms with Gasteiger partial charge in [0, 0.05) is 0 Å². The van der Waals surface area contributed by atoms with Gasteiger partial charge < -0.3 is 20.7 Å². The Bertz CT molecular complexity index is 729. The normalized spacial score (nSPS) is 12.1. The molecule has 0 aliphatic rings. The third-order valence-electron chi connectivity index (χ3n) is 3.32. The molecule has 1 amide bonds. The van der Waals surface area contributed by atoms with Gasteiger partial charge in [0.1, 0.15) is 5.75 Å². The van der Waals surface area contributed by atoms with E-state index in [1.165, 1.54) is 31.5 Å². The number of nitrogens with one attached hydrogen (secondary N) is 1. The van der Waals surface area contributed by atoms with E-state index in [-0.39, 0.29) is 11.5 Å². The highest BCUT2D eigenvalue weighted by Crippen LogP contribution is 2.25. The number of carbonyl (C=O) groups is 1. The van der Waals surface area contributed by atoms with Crippen molar-refractivity contribution in [2.45, 2.75) is 12.5 Å². The maximum absolute atomic E-state index is 11.9. The van der Waals surface area contributed by atoms with Crippen molar-refractivity contribution in [2.24, 2.45) is 10.8 Å². The lowest BCUT2D eigenvalue weighted by molar-refractivity contribution is -0.122. The van der Waals surface area contributed by atoms with Crippen molar-refractivity contribution < 1.29 is 19.7 Å². The Labute approximate surface area is 139 Å². The number of methoxy groups -OCH3 is 1. The first-order valence-electron chi connectivity index (χ1n) is 7.23. The largest absolute Gasteiger partial charge is 0.508 e. The second kappa shape index (κ2) is 7.98. The van der Waals surface area contributed by atoms with Crippen molar-refractivity contribution in [3.05, 3.63) is 53.6 Å². The van der Waals surface area contributed by atoms with Crippen molar-refractivity contribution in [2.75, 3.05) is 7.11 Å². The summed E-state index contributed by atoms with van der Waals surface area (Å²) < 4.78 is 4.99. The van der Waals surface area contributed by atoms with E-state index in [9.17, 15) is 15.0 Å². The first kappa shape index (κ1) is 17.3. The number of hydrazone groups is 1. The van der Waals surface area contributed by atoms with Crippen LogP contribution in [0.2, 0.25) is 0 Å². The molecule has 126 valence electrons. The molecule has 1 unspecified atom stereocenters. The lowest BCUT2D eigenvalue weighted by atomic mass is 10.1. The topological polar surface area (TPSA) is 117 Å². The van der Waals surface area contributed by atoms with Crippen LogP contribution >= 0.6 is 0 Å². The number of amides is 1. The summed E-state index contributed by atoms with van der Waals surface area (Å²) in [6.45, 7) is 0. The fraction of sp³-hybridized carbons (Fsp3) is 0.176. The summed E-state index contributed by atoms with van der Waals surface area (Å²) in [5.41, 5.74) is 9.68. The number of benzene rings is 2. The van der Waals surface area contributed by atoms with E-state index in [4.69, 9.17) is 10.5 Å². The zero-order valence-electron chi connectivity index (χ0n) is 13.1. The number of carbonyl (C=O) groups excluding carboxylic acids is 1. The van der Waals surface area contributed by atoms with Crippen LogP contribution in [0.3, 0.4) is 0 Å². The zero-order chi connectivity index (χ0) is 17.5. The molecule has 0 saturated carbocycles. The molecule has 0 heterocycles. The quantitative estimate of drug-likeness (QED) is 0.468. The predicted octanol–water partition coefficient (Wildman–Crippen LogP) is 1.13. The minimum atomic E-state index is -0.763. The monoisotopic (exact) mass is 329 g/mol. The summed E-state index contributed by atoms with van der Waals surface area (Å²) in [5, 5.41) is 22.6. The van der Waals surface area contributed by atoms with Crippen LogP contribution in [-0.4, -0.2) is 35.5 Å². The van der Waals surface area contributed by atoms with Gasteiger partial charge in [-0.05, 0) is 47.9 Å². The number of hydrogen-bond donors (Lipinski definition) is 4. The summed E-state index contributed by atoms with van der Waals surface area (Å²) in [4.78, 5) is 11.9. The van der Waals surface area contributed by atoms with Gasteiger partial charge in [-0.3, -0.25) is 4.79 Å². The predicted molar refractivity (Wildman–Crippen MR) is 90.2 cm³/mol. The van der Waals surface area contributed by atoms with E-state index in [0.29, 0.717) is 17.7 Å². The van der Waals surface area contributed by atoms with Crippen LogP contribution in [0.1, 0.15) is 11.1 Å². The van der Waals surface area contributed by atoms with E-state index in [1.54, 1.807) is 24.3 Å². The van der Waals surface area contributed by atoms with Crippen molar-refractivity contribution in [1.82, 2.24) is 5.43 Å². The Kier molecular flexibility index (Phi) is 5.75. The molecule has 0 aliphatic heterocycles. The van der Waals surface area contributed by atoms with Gasteiger partial charge in [-0.2, -0.15) is 5.10 Å². The van der Waals surface area contributed by atoms with E-state index >= 15 is 0 Å². The fourth-order valence-corrected chi connectivity index (χ4v) is 2.01. The standard InChI is InChI=1S/C17H19N3O4/c1-24-16-9-12(4-7-15(16)22)10-19-20-17(23)14(18)8-11-2-5-13(21)6-3-11/h2-7,9-10,14,21-22H,8,18H2,1H3,(H,20,23)/b19-10+. The van der Waals surface area contributed by atoms with Gasteiger partial charge in [-0.25, -0.2) is 5.43 Å². The number of rotatable bonds is 6. The molecule has 0 bridgehead atoms. The van der Waals surface area contributed by atoms with Crippen LogP contribution in [0.5, 0.6) is 17.2 Å². The molecule has 0 radical (unpaired) electrons. The average molecular weight is 329 g/mol. The van der Waals surface area contributed by atoms with Crippen molar-refractivity contribution in [1.29, 1.82) is 0 Å². The van der Waals surface area contributed by atoms with Crippen molar-refractivity contribution in [3.8, 4) is 17.2 Å². The molecule has 0 spiro atoms. The highest BCUT2D eigenvalue weighted by molar-refractivity contribution is 5.85. The second-order valence-corrected chi connectivity index (χ2v) is 5.14. The second-order valence-electron chi connectivity index (χ2n) is 5.14. The lowest BCUT2D eigenvalue weighted by Gasteiger charge is -2.09. The van der Waals surface area contributed by atoms with Gasteiger partial charge in [-0.1, -0.05) is 12.1 Å². The number of ether oxygens (including phenoxy) is 1. The molecular formula is C17H19N3O4. The molecule has 2 aromatic carbocycles. The van der Waals surface area contributed by atoms with Crippen LogP contribution in [0.15, 0.2) is 47.6 Å². The molecule has 0 saturated heterocycles. The molecule has 0 fully saturated rings. The highest BCUT2D eigenvalue weighted by atomic mass is 16.5. The molecule has 7 nitrogen and oxygen atoms in total. The molecule has 0 aliphatic carbocycles. The van der Waals surface area contributed by atoms with Crippen LogP contribution in [0, 0.1) is 0 Å². The van der Waals surface area contributed by atoms with E-state index in [0.717, 1.165) is 5.56 Å².